The topological polar surface area (TPSA) is 49.3 Å². The van der Waals surface area contributed by atoms with Crippen LogP contribution in [0.1, 0.15) is 10.7 Å². The Hall–Kier alpha value is -0.720. The predicted octanol–water partition coefficient (Wildman–Crippen LogP) is 2.71. The molecule has 2 N–H and O–H groups in total. The number of alkyl halides is 5. The minimum absolute atomic E-state index is 0. The summed E-state index contributed by atoms with van der Waals surface area (Å²) in [7, 11) is 1.36. The summed E-state index contributed by atoms with van der Waals surface area (Å²) in [4.78, 5) is 7.03. The van der Waals surface area contributed by atoms with Crippen LogP contribution in [0.5, 0.6) is 0 Å². The Kier molecular flexibility index (Phi) is 8.23. The van der Waals surface area contributed by atoms with Crippen LogP contribution in [0, 0.1) is 0 Å². The number of guanidine groups is 1. The van der Waals surface area contributed by atoms with Gasteiger partial charge in [-0.05, 0) is 0 Å². The highest BCUT2D eigenvalue weighted by molar-refractivity contribution is 14.0. The van der Waals surface area contributed by atoms with Gasteiger partial charge in [0.15, 0.2) is 11.7 Å². The van der Waals surface area contributed by atoms with Gasteiger partial charge in [-0.3, -0.25) is 4.99 Å². The average Bonchev–Trinajstić information content (AvgIpc) is 2.77. The van der Waals surface area contributed by atoms with E-state index in [2.05, 4.69) is 20.6 Å². The van der Waals surface area contributed by atoms with Crippen LogP contribution in [0.15, 0.2) is 10.4 Å². The molecule has 0 radical (unpaired) electrons. The lowest BCUT2D eigenvalue weighted by atomic mass is 10.5. The van der Waals surface area contributed by atoms with Crippen LogP contribution in [0.3, 0.4) is 0 Å². The molecule has 0 amide bonds. The minimum atomic E-state index is -4.48. The van der Waals surface area contributed by atoms with Gasteiger partial charge in [0.05, 0.1) is 13.1 Å². The first kappa shape index (κ1) is 19.3. The fraction of sp³-hybridized carbons (Fsp3) is 0.556. The first-order chi connectivity index (χ1) is 8.82. The van der Waals surface area contributed by atoms with Crippen molar-refractivity contribution in [1.82, 2.24) is 15.6 Å². The molecule has 0 atom stereocenters. The SMILES string of the molecule is CN=C(NCc1nc(C(F)(F)F)cs1)NCC(F)F.I. The summed E-state index contributed by atoms with van der Waals surface area (Å²) < 4.78 is 60.7. The number of hydrogen-bond acceptors (Lipinski definition) is 3. The molecule has 0 spiro atoms. The third kappa shape index (κ3) is 6.63. The lowest BCUT2D eigenvalue weighted by Gasteiger charge is -2.10. The van der Waals surface area contributed by atoms with Crippen LogP contribution in [0.4, 0.5) is 22.0 Å². The van der Waals surface area contributed by atoms with Crippen molar-refractivity contribution in [3.8, 4) is 0 Å². The van der Waals surface area contributed by atoms with E-state index in [1.54, 1.807) is 0 Å². The average molecular weight is 430 g/mol. The number of halogens is 6. The van der Waals surface area contributed by atoms with Gasteiger partial charge in [-0.25, -0.2) is 13.8 Å². The molecule has 1 aromatic rings. The van der Waals surface area contributed by atoms with Crippen LogP contribution in [0.25, 0.3) is 0 Å². The van der Waals surface area contributed by atoms with Crippen LogP contribution in [-0.2, 0) is 12.7 Å². The van der Waals surface area contributed by atoms with Crippen LogP contribution in [-0.4, -0.2) is 31.0 Å². The largest absolute Gasteiger partial charge is 0.434 e. The smallest absolute Gasteiger partial charge is 0.351 e. The lowest BCUT2D eigenvalue weighted by Crippen LogP contribution is -2.39. The van der Waals surface area contributed by atoms with Gasteiger partial charge < -0.3 is 10.6 Å². The molecular formula is C9H12F5IN4S. The molecule has 0 fully saturated rings. The second-order valence-electron chi connectivity index (χ2n) is 3.32. The zero-order chi connectivity index (χ0) is 14.5. The molecule has 11 heteroatoms. The van der Waals surface area contributed by atoms with Crippen molar-refractivity contribution in [2.24, 2.45) is 4.99 Å². The number of nitrogens with one attached hydrogen (secondary N) is 2. The van der Waals surface area contributed by atoms with E-state index in [9.17, 15) is 22.0 Å². The second kappa shape index (κ2) is 8.54. The number of nitrogens with zero attached hydrogens (tertiary/aromatic N) is 2. The fourth-order valence-corrected chi connectivity index (χ4v) is 1.82. The fourth-order valence-electron chi connectivity index (χ4n) is 1.08. The van der Waals surface area contributed by atoms with Gasteiger partial charge in [0.2, 0.25) is 0 Å². The van der Waals surface area contributed by atoms with E-state index in [4.69, 9.17) is 0 Å². The molecule has 0 bridgehead atoms. The zero-order valence-electron chi connectivity index (χ0n) is 10.2. The third-order valence-corrected chi connectivity index (χ3v) is 2.75. The molecule has 20 heavy (non-hydrogen) atoms. The highest BCUT2D eigenvalue weighted by Crippen LogP contribution is 2.29. The standard InChI is InChI=1S/C9H11F5N4S.HI/c1-15-8(16-2-6(10)11)17-3-7-18-5(4-19-7)9(12,13)14;/h4,6H,2-3H2,1H3,(H2,15,16,17);1H. The normalized spacial score (nSPS) is 12.2. The van der Waals surface area contributed by atoms with E-state index < -0.39 is 24.8 Å². The Balaban J connectivity index is 0.00000361. The Morgan fingerprint density at radius 3 is 2.50 bits per heavy atom. The van der Waals surface area contributed by atoms with E-state index in [1.165, 1.54) is 7.05 Å². The first-order valence-electron chi connectivity index (χ1n) is 5.07. The predicted molar refractivity (Wildman–Crippen MR) is 76.7 cm³/mol. The van der Waals surface area contributed by atoms with Gasteiger partial charge in [0.25, 0.3) is 6.43 Å². The van der Waals surface area contributed by atoms with Crippen molar-refractivity contribution in [1.29, 1.82) is 0 Å². The van der Waals surface area contributed by atoms with E-state index in [-0.39, 0.29) is 41.5 Å². The maximum atomic E-state index is 12.3. The van der Waals surface area contributed by atoms with Crippen molar-refractivity contribution in [2.75, 3.05) is 13.6 Å². The molecule has 0 saturated carbocycles. The quantitative estimate of drug-likeness (QED) is 0.335. The molecule has 0 unspecified atom stereocenters. The van der Waals surface area contributed by atoms with Crippen LogP contribution >= 0.6 is 35.3 Å². The molecule has 0 aliphatic carbocycles. The van der Waals surface area contributed by atoms with Crippen molar-refractivity contribution in [2.45, 2.75) is 19.1 Å². The van der Waals surface area contributed by atoms with Gasteiger partial charge in [0.1, 0.15) is 5.01 Å². The number of thiazole rings is 1. The molecule has 116 valence electrons. The maximum Gasteiger partial charge on any atom is 0.434 e. The minimum Gasteiger partial charge on any atom is -0.351 e. The zero-order valence-corrected chi connectivity index (χ0v) is 13.3. The molecule has 1 rings (SSSR count). The molecule has 1 aromatic heterocycles. The first-order valence-corrected chi connectivity index (χ1v) is 5.95. The molecular weight excluding hydrogens is 418 g/mol. The number of aromatic nitrogens is 1. The summed E-state index contributed by atoms with van der Waals surface area (Å²) in [5.74, 6) is 0.0732. The summed E-state index contributed by atoms with van der Waals surface area (Å²) in [6.07, 6.45) is -7.03. The van der Waals surface area contributed by atoms with Crippen molar-refractivity contribution in [3.63, 3.8) is 0 Å². The highest BCUT2D eigenvalue weighted by atomic mass is 127. The Morgan fingerprint density at radius 1 is 1.40 bits per heavy atom. The Labute approximate surface area is 132 Å². The molecule has 0 saturated heterocycles. The summed E-state index contributed by atoms with van der Waals surface area (Å²) in [6.45, 7) is -0.616. The van der Waals surface area contributed by atoms with E-state index in [1.807, 2.05) is 0 Å². The second-order valence-corrected chi connectivity index (χ2v) is 4.26. The summed E-state index contributed by atoms with van der Waals surface area (Å²) in [6, 6.07) is 0. The van der Waals surface area contributed by atoms with Gasteiger partial charge in [-0.2, -0.15) is 13.2 Å². The van der Waals surface area contributed by atoms with Crippen LogP contribution < -0.4 is 10.6 Å². The van der Waals surface area contributed by atoms with Crippen molar-refractivity contribution < 1.29 is 22.0 Å². The molecule has 0 aliphatic heterocycles. The summed E-state index contributed by atoms with van der Waals surface area (Å²) in [5, 5.41) is 5.99. The Morgan fingerprint density at radius 2 is 2.05 bits per heavy atom. The molecule has 0 aliphatic rings. The molecule has 1 heterocycles. The maximum absolute atomic E-state index is 12.3. The molecule has 4 nitrogen and oxygen atoms in total. The van der Waals surface area contributed by atoms with E-state index >= 15 is 0 Å². The van der Waals surface area contributed by atoms with Gasteiger partial charge in [0, 0.05) is 12.4 Å². The molecule has 0 aromatic carbocycles. The van der Waals surface area contributed by atoms with Crippen molar-refractivity contribution >= 4 is 41.3 Å². The Bertz CT molecular complexity index is 434. The van der Waals surface area contributed by atoms with E-state index in [0.717, 1.165) is 16.7 Å². The number of hydrogen-bond donors (Lipinski definition) is 2. The lowest BCUT2D eigenvalue weighted by molar-refractivity contribution is -0.140. The number of aliphatic imine (C=N–C) groups is 1. The highest BCUT2D eigenvalue weighted by Gasteiger charge is 2.33. The van der Waals surface area contributed by atoms with Gasteiger partial charge >= 0.3 is 6.18 Å². The van der Waals surface area contributed by atoms with E-state index in [0.29, 0.717) is 0 Å². The summed E-state index contributed by atoms with van der Waals surface area (Å²) >= 11 is 0.829. The summed E-state index contributed by atoms with van der Waals surface area (Å²) in [5.41, 5.74) is -0.968. The number of rotatable bonds is 4. The van der Waals surface area contributed by atoms with Gasteiger partial charge in [-0.1, -0.05) is 0 Å². The van der Waals surface area contributed by atoms with Crippen LogP contribution in [0.2, 0.25) is 0 Å². The third-order valence-electron chi connectivity index (χ3n) is 1.90. The van der Waals surface area contributed by atoms with Gasteiger partial charge in [-0.15, -0.1) is 35.3 Å². The monoisotopic (exact) mass is 430 g/mol. The van der Waals surface area contributed by atoms with Crippen molar-refractivity contribution in [3.05, 3.63) is 16.1 Å².